The Balaban J connectivity index is 1.91. The number of carbonyl (C=O) groups excluding carboxylic acids is 1. The summed E-state index contributed by atoms with van der Waals surface area (Å²) >= 11 is 0. The molecule has 8 heteroatoms. The molecule has 1 amide bonds. The highest BCUT2D eigenvalue weighted by molar-refractivity contribution is 7.89. The predicted molar refractivity (Wildman–Crippen MR) is 92.3 cm³/mol. The van der Waals surface area contributed by atoms with E-state index < -0.39 is 15.6 Å². The van der Waals surface area contributed by atoms with Crippen LogP contribution in [0.2, 0.25) is 0 Å². The smallest absolute Gasteiger partial charge is 0.410 e. The van der Waals surface area contributed by atoms with E-state index in [0.717, 1.165) is 0 Å². The Morgan fingerprint density at radius 3 is 2.36 bits per heavy atom. The zero-order valence-electron chi connectivity index (χ0n) is 14.9. The highest BCUT2D eigenvalue weighted by atomic mass is 32.2. The van der Waals surface area contributed by atoms with E-state index in [-0.39, 0.29) is 16.9 Å². The monoisotopic (exact) mass is 365 g/mol. The number of ether oxygens (including phenoxy) is 1. The van der Waals surface area contributed by atoms with Crippen LogP contribution in [0.5, 0.6) is 0 Å². The third-order valence-corrected chi connectivity index (χ3v) is 5.65. The van der Waals surface area contributed by atoms with E-state index in [2.05, 4.69) is 0 Å². The first-order valence-electron chi connectivity index (χ1n) is 7.97. The summed E-state index contributed by atoms with van der Waals surface area (Å²) in [6.45, 7) is 6.69. The number of hydrogen-bond donors (Lipinski definition) is 0. The van der Waals surface area contributed by atoms with Crippen molar-refractivity contribution >= 4 is 16.1 Å². The normalized spacial score (nSPS) is 15.6. The van der Waals surface area contributed by atoms with E-state index in [1.807, 2.05) is 6.07 Å². The van der Waals surface area contributed by atoms with Gasteiger partial charge in [0.25, 0.3) is 0 Å². The van der Waals surface area contributed by atoms with E-state index in [0.29, 0.717) is 25.2 Å². The summed E-state index contributed by atoms with van der Waals surface area (Å²) in [4.78, 5) is 13.6. The quantitative estimate of drug-likeness (QED) is 0.814. The van der Waals surface area contributed by atoms with Gasteiger partial charge < -0.3 is 9.64 Å². The first-order valence-corrected chi connectivity index (χ1v) is 9.41. The van der Waals surface area contributed by atoms with Gasteiger partial charge >= 0.3 is 6.09 Å². The number of nitrogens with zero attached hydrogens (tertiary/aromatic N) is 3. The minimum Gasteiger partial charge on any atom is -0.444 e. The molecule has 1 aromatic rings. The van der Waals surface area contributed by atoms with Crippen molar-refractivity contribution in [3.05, 3.63) is 29.8 Å². The van der Waals surface area contributed by atoms with Gasteiger partial charge in [-0.25, -0.2) is 17.5 Å². The highest BCUT2D eigenvalue weighted by Crippen LogP contribution is 2.23. The molecule has 1 aliphatic heterocycles. The molecule has 1 aliphatic rings. The van der Waals surface area contributed by atoms with E-state index in [1.165, 1.54) is 35.6 Å². The molecule has 0 radical (unpaired) electrons. The second-order valence-electron chi connectivity index (χ2n) is 7.17. The second kappa shape index (κ2) is 7.02. The lowest BCUT2D eigenvalue weighted by molar-refractivity contribution is -0.00259. The SMILES string of the molecule is CN(CC1CN(C(=O)OC(C)(C)C)C1)S(=O)(=O)c1ccc(C#N)cc1. The van der Waals surface area contributed by atoms with Crippen LogP contribution in [-0.2, 0) is 14.8 Å². The van der Waals surface area contributed by atoms with Gasteiger partial charge in [0.2, 0.25) is 10.0 Å². The third-order valence-electron chi connectivity index (χ3n) is 3.82. The fraction of sp³-hybridized carbons (Fsp3) is 0.529. The van der Waals surface area contributed by atoms with Crippen LogP contribution in [0.3, 0.4) is 0 Å². The number of sulfonamides is 1. The van der Waals surface area contributed by atoms with Gasteiger partial charge in [0.05, 0.1) is 16.5 Å². The van der Waals surface area contributed by atoms with Crippen molar-refractivity contribution in [2.24, 2.45) is 5.92 Å². The summed E-state index contributed by atoms with van der Waals surface area (Å²) in [5.41, 5.74) is -0.133. The second-order valence-corrected chi connectivity index (χ2v) is 9.22. The molecule has 25 heavy (non-hydrogen) atoms. The molecule has 1 saturated heterocycles. The molecule has 0 aliphatic carbocycles. The van der Waals surface area contributed by atoms with E-state index in [9.17, 15) is 13.2 Å². The number of likely N-dealkylation sites (tertiary alicyclic amines) is 1. The van der Waals surface area contributed by atoms with E-state index in [4.69, 9.17) is 10.00 Å². The highest BCUT2D eigenvalue weighted by Gasteiger charge is 2.36. The van der Waals surface area contributed by atoms with Crippen LogP contribution in [-0.4, -0.2) is 56.0 Å². The lowest BCUT2D eigenvalue weighted by Gasteiger charge is -2.41. The maximum atomic E-state index is 12.5. The molecule has 1 aromatic carbocycles. The van der Waals surface area contributed by atoms with Crippen molar-refractivity contribution in [3.63, 3.8) is 0 Å². The van der Waals surface area contributed by atoms with Crippen molar-refractivity contribution in [1.29, 1.82) is 5.26 Å². The molecule has 7 nitrogen and oxygen atoms in total. The van der Waals surface area contributed by atoms with Crippen molar-refractivity contribution in [3.8, 4) is 6.07 Å². The number of rotatable bonds is 4. The van der Waals surface area contributed by atoms with Gasteiger partial charge in [-0.1, -0.05) is 0 Å². The maximum Gasteiger partial charge on any atom is 0.410 e. The molecule has 0 aromatic heterocycles. The molecule has 0 unspecified atom stereocenters. The number of nitriles is 1. The first kappa shape index (κ1) is 19.2. The summed E-state index contributed by atoms with van der Waals surface area (Å²) in [6, 6.07) is 7.78. The Bertz CT molecular complexity index is 770. The minimum atomic E-state index is -3.61. The molecule has 1 fully saturated rings. The van der Waals surface area contributed by atoms with Gasteiger partial charge in [-0.2, -0.15) is 5.26 Å². The van der Waals surface area contributed by atoms with Crippen LogP contribution < -0.4 is 0 Å². The molecular weight excluding hydrogens is 342 g/mol. The Labute approximate surface area is 148 Å². The van der Waals surface area contributed by atoms with Gasteiger partial charge in [-0.3, -0.25) is 0 Å². The largest absolute Gasteiger partial charge is 0.444 e. The summed E-state index contributed by atoms with van der Waals surface area (Å²) in [7, 11) is -2.10. The van der Waals surface area contributed by atoms with E-state index in [1.54, 1.807) is 25.7 Å². The van der Waals surface area contributed by atoms with E-state index >= 15 is 0 Å². The molecular formula is C17H23N3O4S. The predicted octanol–water partition coefficient (Wildman–Crippen LogP) is 2.05. The minimum absolute atomic E-state index is 0.0747. The number of hydrogen-bond acceptors (Lipinski definition) is 5. The zero-order valence-corrected chi connectivity index (χ0v) is 15.7. The Hall–Kier alpha value is -2.11. The zero-order chi connectivity index (χ0) is 18.8. The maximum absolute atomic E-state index is 12.5. The Kier molecular flexibility index (Phi) is 5.40. The molecule has 136 valence electrons. The lowest BCUT2D eigenvalue weighted by atomic mass is 10.0. The molecule has 0 N–H and O–H groups in total. The number of amides is 1. The molecule has 0 saturated carbocycles. The lowest BCUT2D eigenvalue weighted by Crippen LogP contribution is -2.55. The van der Waals surface area contributed by atoms with Gasteiger partial charge in [-0.05, 0) is 45.0 Å². The van der Waals surface area contributed by atoms with Gasteiger partial charge in [0, 0.05) is 32.6 Å². The van der Waals surface area contributed by atoms with Crippen LogP contribution in [0, 0.1) is 17.2 Å². The molecule has 0 spiro atoms. The number of benzene rings is 1. The fourth-order valence-electron chi connectivity index (χ4n) is 2.50. The molecule has 1 heterocycles. The summed E-state index contributed by atoms with van der Waals surface area (Å²) in [5, 5.41) is 8.79. The first-order chi connectivity index (χ1) is 11.5. The van der Waals surface area contributed by atoms with Crippen LogP contribution >= 0.6 is 0 Å². The van der Waals surface area contributed by atoms with Crippen LogP contribution in [0.25, 0.3) is 0 Å². The van der Waals surface area contributed by atoms with Crippen molar-refractivity contribution in [2.75, 3.05) is 26.7 Å². The average molecular weight is 365 g/mol. The Morgan fingerprint density at radius 1 is 1.32 bits per heavy atom. The van der Waals surface area contributed by atoms with Gasteiger partial charge in [-0.15, -0.1) is 0 Å². The fourth-order valence-corrected chi connectivity index (χ4v) is 3.75. The van der Waals surface area contributed by atoms with Crippen LogP contribution in [0.15, 0.2) is 29.2 Å². The van der Waals surface area contributed by atoms with Crippen molar-refractivity contribution in [1.82, 2.24) is 9.21 Å². The third kappa shape index (κ3) is 4.71. The molecule has 0 atom stereocenters. The van der Waals surface area contributed by atoms with Crippen molar-refractivity contribution < 1.29 is 17.9 Å². The summed E-state index contributed by atoms with van der Waals surface area (Å²) < 4.78 is 31.7. The van der Waals surface area contributed by atoms with Crippen molar-refractivity contribution in [2.45, 2.75) is 31.3 Å². The summed E-state index contributed by atoms with van der Waals surface area (Å²) in [5.74, 6) is 0.0747. The van der Waals surface area contributed by atoms with Gasteiger partial charge in [0.1, 0.15) is 5.60 Å². The molecule has 0 bridgehead atoms. The Morgan fingerprint density at radius 2 is 1.88 bits per heavy atom. The summed E-state index contributed by atoms with van der Waals surface area (Å²) in [6.07, 6.45) is -0.374. The topological polar surface area (TPSA) is 90.7 Å². The molecule has 2 rings (SSSR count). The number of carbonyl (C=O) groups is 1. The van der Waals surface area contributed by atoms with Crippen LogP contribution in [0.4, 0.5) is 4.79 Å². The standard InChI is InChI=1S/C17H23N3O4S/c1-17(2,3)24-16(21)20-11-14(12-20)10-19(4)25(22,23)15-7-5-13(9-18)6-8-15/h5-8,14H,10-12H2,1-4H3. The van der Waals surface area contributed by atoms with Gasteiger partial charge in [0.15, 0.2) is 0 Å². The average Bonchev–Trinajstić information content (AvgIpc) is 2.48. The van der Waals surface area contributed by atoms with Crippen LogP contribution in [0.1, 0.15) is 26.3 Å².